The lowest BCUT2D eigenvalue weighted by Crippen LogP contribution is -2.45. The van der Waals surface area contributed by atoms with Crippen LogP contribution in [0.1, 0.15) is 15.9 Å². The second-order valence-corrected chi connectivity index (χ2v) is 6.64. The number of carbonyl (C=O) groups is 3. The molecule has 2 saturated heterocycles. The van der Waals surface area contributed by atoms with Crippen molar-refractivity contribution in [2.75, 3.05) is 39.4 Å². The number of carboxylic acid groups (broad SMARTS) is 3. The maximum absolute atomic E-state index is 11.4. The number of ether oxygens (including phenoxy) is 1. The highest BCUT2D eigenvalue weighted by atomic mass is 16.5. The minimum atomic E-state index is -0.924. The van der Waals surface area contributed by atoms with Gasteiger partial charge in [-0.05, 0) is 11.6 Å². The second kappa shape index (κ2) is 10.0. The third kappa shape index (κ3) is 6.02. The van der Waals surface area contributed by atoms with Crippen LogP contribution >= 0.6 is 0 Å². The maximum Gasteiger partial charge on any atom is 0.336 e. The fourth-order valence-electron chi connectivity index (χ4n) is 3.63. The van der Waals surface area contributed by atoms with E-state index in [1.165, 1.54) is 0 Å². The predicted molar refractivity (Wildman–Crippen MR) is 94.7 cm³/mol. The van der Waals surface area contributed by atoms with E-state index in [9.17, 15) is 14.7 Å². The van der Waals surface area contributed by atoms with Crippen molar-refractivity contribution in [2.24, 2.45) is 5.92 Å². The van der Waals surface area contributed by atoms with Crippen LogP contribution in [0.5, 0.6) is 0 Å². The van der Waals surface area contributed by atoms with Crippen molar-refractivity contribution in [3.63, 3.8) is 0 Å². The van der Waals surface area contributed by atoms with Gasteiger partial charge in [-0.2, -0.15) is 0 Å². The lowest BCUT2D eigenvalue weighted by atomic mass is 10.1. The Morgan fingerprint density at radius 2 is 1.85 bits per heavy atom. The van der Waals surface area contributed by atoms with Crippen LogP contribution in [0.3, 0.4) is 0 Å². The van der Waals surface area contributed by atoms with Gasteiger partial charge in [-0.3, -0.25) is 19.4 Å². The van der Waals surface area contributed by atoms with E-state index in [0.29, 0.717) is 38.4 Å². The fourth-order valence-corrected chi connectivity index (χ4v) is 3.63. The Bertz CT molecular complexity index is 667. The number of aromatic carboxylic acids is 1. The molecule has 2 fully saturated rings. The molecular formula is C18H24N2O7. The highest BCUT2D eigenvalue weighted by Crippen LogP contribution is 2.23. The Balaban J connectivity index is 0.000000817. The topological polar surface area (TPSA) is 128 Å². The van der Waals surface area contributed by atoms with E-state index in [1.54, 1.807) is 12.1 Å². The number of hydrogen-bond donors (Lipinski definition) is 3. The molecule has 2 aliphatic rings. The first-order valence-electron chi connectivity index (χ1n) is 8.59. The first-order valence-corrected chi connectivity index (χ1v) is 8.59. The smallest absolute Gasteiger partial charge is 0.336 e. The van der Waals surface area contributed by atoms with Gasteiger partial charge in [0.25, 0.3) is 6.47 Å². The lowest BCUT2D eigenvalue weighted by Gasteiger charge is -2.30. The molecule has 0 spiro atoms. The minimum Gasteiger partial charge on any atom is -0.483 e. The normalized spacial score (nSPS) is 22.8. The van der Waals surface area contributed by atoms with Crippen LogP contribution in [-0.4, -0.2) is 89.0 Å². The molecule has 1 aromatic rings. The largest absolute Gasteiger partial charge is 0.483 e. The predicted octanol–water partition coefficient (Wildman–Crippen LogP) is 0.303. The summed E-state index contributed by atoms with van der Waals surface area (Å²) in [5, 5.41) is 25.3. The molecule has 3 rings (SSSR count). The molecule has 0 saturated carbocycles. The Morgan fingerprint density at radius 1 is 1.15 bits per heavy atom. The standard InChI is InChI=1S/C17H22N2O5.CH2O2/c20-16(21)9-18-5-12-6-19(14(8-18)11-24-10-12)7-13-3-1-2-4-15(13)17(22)23;2-1-3/h1-4,12,14H,5-11H2,(H,20,21)(H,22,23);1H,(H,2,3)/t12-,14-;/m0./s1. The van der Waals surface area contributed by atoms with Gasteiger partial charge in [0, 0.05) is 38.1 Å². The summed E-state index contributed by atoms with van der Waals surface area (Å²) < 4.78 is 5.73. The summed E-state index contributed by atoms with van der Waals surface area (Å²) in [6.07, 6.45) is 0. The van der Waals surface area contributed by atoms with Gasteiger partial charge in [-0.25, -0.2) is 4.79 Å². The number of benzene rings is 1. The van der Waals surface area contributed by atoms with Crippen LogP contribution in [0.2, 0.25) is 0 Å². The van der Waals surface area contributed by atoms with E-state index in [-0.39, 0.29) is 25.0 Å². The fraction of sp³-hybridized carbons (Fsp3) is 0.500. The molecule has 2 bridgehead atoms. The summed E-state index contributed by atoms with van der Waals surface area (Å²) in [6.45, 7) is 3.58. The number of carboxylic acids is 2. The molecule has 0 aliphatic carbocycles. The minimum absolute atomic E-state index is 0.0343. The second-order valence-electron chi connectivity index (χ2n) is 6.64. The third-order valence-electron chi connectivity index (χ3n) is 4.64. The molecule has 0 aromatic heterocycles. The molecular weight excluding hydrogens is 356 g/mol. The molecule has 2 heterocycles. The van der Waals surface area contributed by atoms with Gasteiger partial charge in [0.15, 0.2) is 0 Å². The molecule has 2 aliphatic heterocycles. The van der Waals surface area contributed by atoms with E-state index < -0.39 is 11.9 Å². The zero-order valence-electron chi connectivity index (χ0n) is 14.9. The van der Waals surface area contributed by atoms with Crippen LogP contribution < -0.4 is 0 Å². The molecule has 1 aromatic carbocycles. The molecule has 9 heteroatoms. The monoisotopic (exact) mass is 380 g/mol. The van der Waals surface area contributed by atoms with Gasteiger partial charge < -0.3 is 20.1 Å². The number of aliphatic carboxylic acids is 1. The zero-order valence-corrected chi connectivity index (χ0v) is 14.9. The van der Waals surface area contributed by atoms with Crippen LogP contribution in [0.25, 0.3) is 0 Å². The van der Waals surface area contributed by atoms with Crippen molar-refractivity contribution in [3.8, 4) is 0 Å². The SMILES string of the molecule is O=C(O)CN1C[C@@H]2COC[C@H](C1)N(Cc1ccccc1C(=O)O)C2.O=CO. The van der Waals surface area contributed by atoms with Crippen molar-refractivity contribution >= 4 is 18.4 Å². The summed E-state index contributed by atoms with van der Waals surface area (Å²) in [4.78, 5) is 35.0. The number of nitrogens with zero attached hydrogens (tertiary/aromatic N) is 2. The van der Waals surface area contributed by atoms with E-state index in [2.05, 4.69) is 4.90 Å². The maximum atomic E-state index is 11.4. The molecule has 27 heavy (non-hydrogen) atoms. The first kappa shape index (κ1) is 20.8. The molecule has 3 N–H and O–H groups in total. The van der Waals surface area contributed by atoms with Gasteiger partial charge in [0.1, 0.15) is 0 Å². The lowest BCUT2D eigenvalue weighted by molar-refractivity contribution is -0.138. The quantitative estimate of drug-likeness (QED) is 0.618. The third-order valence-corrected chi connectivity index (χ3v) is 4.64. The summed E-state index contributed by atoms with van der Waals surface area (Å²) in [5.74, 6) is -1.51. The summed E-state index contributed by atoms with van der Waals surface area (Å²) in [5.41, 5.74) is 1.10. The van der Waals surface area contributed by atoms with Gasteiger partial charge in [-0.1, -0.05) is 18.2 Å². The summed E-state index contributed by atoms with van der Waals surface area (Å²) >= 11 is 0. The van der Waals surface area contributed by atoms with Crippen molar-refractivity contribution in [1.82, 2.24) is 9.80 Å². The molecule has 148 valence electrons. The van der Waals surface area contributed by atoms with Crippen molar-refractivity contribution < 1.29 is 34.4 Å². The van der Waals surface area contributed by atoms with E-state index >= 15 is 0 Å². The van der Waals surface area contributed by atoms with E-state index in [4.69, 9.17) is 19.7 Å². The van der Waals surface area contributed by atoms with Crippen LogP contribution in [0.4, 0.5) is 0 Å². The van der Waals surface area contributed by atoms with Crippen LogP contribution in [-0.2, 0) is 20.9 Å². The Kier molecular flexibility index (Phi) is 7.71. The van der Waals surface area contributed by atoms with Crippen molar-refractivity contribution in [3.05, 3.63) is 35.4 Å². The van der Waals surface area contributed by atoms with Crippen molar-refractivity contribution in [2.45, 2.75) is 12.6 Å². The van der Waals surface area contributed by atoms with Gasteiger partial charge in [0.05, 0.1) is 25.3 Å². The van der Waals surface area contributed by atoms with E-state index in [1.807, 2.05) is 17.0 Å². The highest BCUT2D eigenvalue weighted by Gasteiger charge is 2.34. The summed E-state index contributed by atoms with van der Waals surface area (Å²) in [7, 11) is 0. The van der Waals surface area contributed by atoms with Gasteiger partial charge >= 0.3 is 11.9 Å². The molecule has 2 atom stereocenters. The zero-order chi connectivity index (χ0) is 19.8. The molecule has 0 amide bonds. The van der Waals surface area contributed by atoms with E-state index in [0.717, 1.165) is 12.1 Å². The summed E-state index contributed by atoms with van der Waals surface area (Å²) in [6, 6.07) is 7.10. The Hall–Kier alpha value is -2.49. The highest BCUT2D eigenvalue weighted by molar-refractivity contribution is 5.89. The van der Waals surface area contributed by atoms with Gasteiger partial charge in [-0.15, -0.1) is 0 Å². The number of hydrogen-bond acceptors (Lipinski definition) is 6. The molecule has 0 unspecified atom stereocenters. The van der Waals surface area contributed by atoms with Crippen LogP contribution in [0, 0.1) is 5.92 Å². The van der Waals surface area contributed by atoms with Crippen molar-refractivity contribution in [1.29, 1.82) is 0 Å². The average Bonchev–Trinajstić information content (AvgIpc) is 2.85. The number of fused-ring (bicyclic) bond motifs is 3. The Morgan fingerprint density at radius 3 is 2.52 bits per heavy atom. The average molecular weight is 380 g/mol. The number of rotatable bonds is 5. The Labute approximate surface area is 156 Å². The molecule has 9 nitrogen and oxygen atoms in total. The van der Waals surface area contributed by atoms with Gasteiger partial charge in [0.2, 0.25) is 0 Å². The molecule has 0 radical (unpaired) electrons. The first-order chi connectivity index (χ1) is 12.9. The van der Waals surface area contributed by atoms with Crippen LogP contribution in [0.15, 0.2) is 24.3 Å².